The number of esters is 1. The van der Waals surface area contributed by atoms with Crippen LogP contribution in [0.25, 0.3) is 0 Å². The van der Waals surface area contributed by atoms with Crippen molar-refractivity contribution < 1.29 is 24.2 Å². The summed E-state index contributed by atoms with van der Waals surface area (Å²) >= 11 is 1.18. The molecule has 2 aromatic rings. The van der Waals surface area contributed by atoms with E-state index in [1.165, 1.54) is 16.2 Å². The first-order chi connectivity index (χ1) is 14.6. The Bertz CT molecular complexity index is 935. The molecule has 0 saturated heterocycles. The monoisotopic (exact) mass is 446 g/mol. The van der Waals surface area contributed by atoms with Gasteiger partial charge < -0.3 is 19.5 Å². The van der Waals surface area contributed by atoms with Gasteiger partial charge in [0.2, 0.25) is 6.35 Å². The molecule has 0 bridgehead atoms. The standard InChI is InChI=1S/C23H30N2O5S/c1-15-17-19(26)24(12-11-16-9-7-6-8-10-16)22(28)25(13-14-29-5)20(17)31-18(15)21(27)30-23(2,3)4/h6-10,22,28H,11-14H2,1-5H3. The van der Waals surface area contributed by atoms with Crippen LogP contribution in [-0.4, -0.2) is 60.6 Å². The summed E-state index contributed by atoms with van der Waals surface area (Å²) in [5, 5.41) is 11.6. The highest BCUT2D eigenvalue weighted by molar-refractivity contribution is 7.18. The molecular formula is C23H30N2O5S. The van der Waals surface area contributed by atoms with Crippen LogP contribution in [0.15, 0.2) is 30.3 Å². The molecule has 0 spiro atoms. The third-order valence-corrected chi connectivity index (χ3v) is 6.34. The lowest BCUT2D eigenvalue weighted by Crippen LogP contribution is -2.56. The maximum atomic E-state index is 13.4. The molecule has 7 nitrogen and oxygen atoms in total. The Balaban J connectivity index is 1.95. The number of thiophene rings is 1. The third kappa shape index (κ3) is 5.08. The fraction of sp³-hybridized carbons (Fsp3) is 0.478. The zero-order valence-electron chi connectivity index (χ0n) is 18.7. The second-order valence-corrected chi connectivity index (χ2v) is 9.50. The number of fused-ring (bicyclic) bond motifs is 1. The van der Waals surface area contributed by atoms with Gasteiger partial charge in [-0.3, -0.25) is 9.69 Å². The van der Waals surface area contributed by atoms with Crippen LogP contribution in [0.2, 0.25) is 0 Å². The quantitative estimate of drug-likeness (QED) is 0.657. The molecule has 0 aliphatic carbocycles. The minimum absolute atomic E-state index is 0.282. The van der Waals surface area contributed by atoms with Crippen LogP contribution in [-0.2, 0) is 15.9 Å². The number of ether oxygens (including phenoxy) is 2. The Kier molecular flexibility index (Phi) is 7.03. The second-order valence-electron chi connectivity index (χ2n) is 8.50. The minimum Gasteiger partial charge on any atom is -0.456 e. The van der Waals surface area contributed by atoms with Gasteiger partial charge in [-0.2, -0.15) is 0 Å². The molecule has 1 aromatic carbocycles. The summed E-state index contributed by atoms with van der Waals surface area (Å²) in [5.41, 5.74) is 1.46. The molecule has 1 aliphatic heterocycles. The Labute approximate surface area is 187 Å². The summed E-state index contributed by atoms with van der Waals surface area (Å²) in [7, 11) is 1.58. The Hall–Kier alpha value is -2.42. The lowest BCUT2D eigenvalue weighted by atomic mass is 10.1. The van der Waals surface area contributed by atoms with Gasteiger partial charge >= 0.3 is 5.97 Å². The molecule has 3 rings (SSSR count). The molecule has 1 N–H and O–H groups in total. The number of benzene rings is 1. The number of aliphatic hydroxyl groups is 1. The minimum atomic E-state index is -1.14. The highest BCUT2D eigenvalue weighted by Gasteiger charge is 2.41. The predicted molar refractivity (Wildman–Crippen MR) is 121 cm³/mol. The molecule has 0 radical (unpaired) electrons. The maximum Gasteiger partial charge on any atom is 0.349 e. The average molecular weight is 447 g/mol. The number of hydrogen-bond acceptors (Lipinski definition) is 7. The maximum absolute atomic E-state index is 13.4. The van der Waals surface area contributed by atoms with Gasteiger partial charge in [0.15, 0.2) is 0 Å². The van der Waals surface area contributed by atoms with Crippen molar-refractivity contribution in [3.05, 3.63) is 51.9 Å². The fourth-order valence-corrected chi connectivity index (χ4v) is 4.73. The van der Waals surface area contributed by atoms with E-state index in [9.17, 15) is 14.7 Å². The number of carbonyl (C=O) groups is 2. The van der Waals surface area contributed by atoms with E-state index in [0.29, 0.717) is 47.1 Å². The molecule has 168 valence electrons. The van der Waals surface area contributed by atoms with Gasteiger partial charge in [-0.05, 0) is 45.2 Å². The first kappa shape index (κ1) is 23.2. The smallest absolute Gasteiger partial charge is 0.349 e. The lowest BCUT2D eigenvalue weighted by Gasteiger charge is -2.41. The van der Waals surface area contributed by atoms with Crippen LogP contribution >= 0.6 is 11.3 Å². The van der Waals surface area contributed by atoms with Crippen molar-refractivity contribution in [2.45, 2.75) is 46.1 Å². The highest BCUT2D eigenvalue weighted by Crippen LogP contribution is 2.41. The number of rotatable bonds is 7. The van der Waals surface area contributed by atoms with Crippen LogP contribution in [0.4, 0.5) is 5.00 Å². The lowest BCUT2D eigenvalue weighted by molar-refractivity contribution is 0.000365. The molecule has 8 heteroatoms. The van der Waals surface area contributed by atoms with E-state index in [1.54, 1.807) is 39.7 Å². The number of amides is 1. The molecule has 1 aromatic heterocycles. The molecule has 31 heavy (non-hydrogen) atoms. The molecule has 1 amide bonds. The summed E-state index contributed by atoms with van der Waals surface area (Å²) in [6.07, 6.45) is -0.525. The van der Waals surface area contributed by atoms with Crippen molar-refractivity contribution >= 4 is 28.2 Å². The van der Waals surface area contributed by atoms with E-state index in [-0.39, 0.29) is 5.91 Å². The first-order valence-corrected chi connectivity index (χ1v) is 11.1. The molecular weight excluding hydrogens is 416 g/mol. The topological polar surface area (TPSA) is 79.3 Å². The Morgan fingerprint density at radius 2 is 1.84 bits per heavy atom. The zero-order valence-corrected chi connectivity index (χ0v) is 19.5. The van der Waals surface area contributed by atoms with Crippen molar-refractivity contribution in [2.24, 2.45) is 0 Å². The first-order valence-electron chi connectivity index (χ1n) is 10.3. The van der Waals surface area contributed by atoms with Gasteiger partial charge in [-0.25, -0.2) is 4.79 Å². The van der Waals surface area contributed by atoms with Crippen LogP contribution in [0.5, 0.6) is 0 Å². The van der Waals surface area contributed by atoms with Gasteiger partial charge in [0, 0.05) is 20.2 Å². The predicted octanol–water partition coefficient (Wildman–Crippen LogP) is 3.44. The normalized spacial score (nSPS) is 16.5. The van der Waals surface area contributed by atoms with Crippen molar-refractivity contribution in [3.63, 3.8) is 0 Å². The molecule has 1 aliphatic rings. The van der Waals surface area contributed by atoms with Gasteiger partial charge in [0.05, 0.1) is 12.2 Å². The van der Waals surface area contributed by atoms with E-state index in [4.69, 9.17) is 9.47 Å². The summed E-state index contributed by atoms with van der Waals surface area (Å²) < 4.78 is 10.7. The van der Waals surface area contributed by atoms with E-state index < -0.39 is 17.9 Å². The van der Waals surface area contributed by atoms with E-state index in [1.807, 2.05) is 30.3 Å². The van der Waals surface area contributed by atoms with Gasteiger partial charge in [0.1, 0.15) is 15.5 Å². The second kappa shape index (κ2) is 9.38. The number of anilines is 1. The van der Waals surface area contributed by atoms with Crippen LogP contribution in [0.3, 0.4) is 0 Å². The van der Waals surface area contributed by atoms with Crippen molar-refractivity contribution in [1.82, 2.24) is 4.90 Å². The Morgan fingerprint density at radius 1 is 1.16 bits per heavy atom. The largest absolute Gasteiger partial charge is 0.456 e. The number of hydrogen-bond donors (Lipinski definition) is 1. The highest BCUT2D eigenvalue weighted by atomic mass is 32.1. The van der Waals surface area contributed by atoms with Crippen molar-refractivity contribution in [3.8, 4) is 0 Å². The SMILES string of the molecule is COCCN1c2sc(C(=O)OC(C)(C)C)c(C)c2C(=O)N(CCc2ccccc2)C1O. The number of methoxy groups -OCH3 is 1. The van der Waals surface area contributed by atoms with Gasteiger partial charge in [-0.1, -0.05) is 30.3 Å². The zero-order chi connectivity index (χ0) is 22.8. The van der Waals surface area contributed by atoms with Crippen molar-refractivity contribution in [1.29, 1.82) is 0 Å². The average Bonchev–Trinajstić information content (AvgIpc) is 3.05. The van der Waals surface area contributed by atoms with E-state index in [2.05, 4.69) is 0 Å². The van der Waals surface area contributed by atoms with E-state index >= 15 is 0 Å². The number of carbonyl (C=O) groups excluding carboxylic acids is 2. The summed E-state index contributed by atoms with van der Waals surface area (Å²) in [5.74, 6) is -0.745. The van der Waals surface area contributed by atoms with Gasteiger partial charge in [0.25, 0.3) is 5.91 Å². The third-order valence-electron chi connectivity index (χ3n) is 5.03. The molecule has 2 heterocycles. The molecule has 0 fully saturated rings. The van der Waals surface area contributed by atoms with Crippen LogP contribution in [0.1, 0.15) is 51.9 Å². The summed E-state index contributed by atoms with van der Waals surface area (Å²) in [6.45, 7) is 8.28. The Morgan fingerprint density at radius 3 is 2.45 bits per heavy atom. The summed E-state index contributed by atoms with van der Waals surface area (Å²) in [4.78, 5) is 29.7. The molecule has 1 unspecified atom stereocenters. The summed E-state index contributed by atoms with van der Waals surface area (Å²) in [6, 6.07) is 9.82. The van der Waals surface area contributed by atoms with Crippen molar-refractivity contribution in [2.75, 3.05) is 31.7 Å². The van der Waals surface area contributed by atoms with Crippen LogP contribution in [0, 0.1) is 6.92 Å². The van der Waals surface area contributed by atoms with Gasteiger partial charge in [-0.15, -0.1) is 11.3 Å². The molecule has 1 atom stereocenters. The fourth-order valence-electron chi connectivity index (χ4n) is 3.51. The number of aliphatic hydroxyl groups excluding tert-OH is 1. The van der Waals surface area contributed by atoms with E-state index in [0.717, 1.165) is 5.56 Å². The van der Waals surface area contributed by atoms with Crippen LogP contribution < -0.4 is 4.90 Å². The molecule has 0 saturated carbocycles. The number of nitrogens with zero attached hydrogens (tertiary/aromatic N) is 2.